The van der Waals surface area contributed by atoms with Gasteiger partial charge in [0.25, 0.3) is 11.8 Å². The summed E-state index contributed by atoms with van der Waals surface area (Å²) in [6, 6.07) is 27.5. The predicted octanol–water partition coefficient (Wildman–Crippen LogP) is 10.3. The second-order valence-corrected chi connectivity index (χ2v) is 18.2. The van der Waals surface area contributed by atoms with Gasteiger partial charge in [-0.25, -0.2) is 4.39 Å². The second-order valence-electron chi connectivity index (χ2n) is 17.8. The number of amides is 2. The fourth-order valence-corrected chi connectivity index (χ4v) is 8.08. The fraction of sp³-hybridized carbons (Fsp3) is 0.458. The highest BCUT2D eigenvalue weighted by molar-refractivity contribution is 6.30. The standard InChI is InChI=1S/C48H59ClFN3O4/c1-47(2,3)38-28-37(29-39(30-38)48(4,5)6)46(55)52(32-34-10-7-12-40(49)26-34)42-13-8-11-35(27-42)33-53(45(54)36-16-18-41(50)19-17-36)43-14-9-15-44(31-43)57-25-22-51-20-23-56-24-21-51/h7,9-10,12,14-19,26,28-31,35,42H,8,11,13,20-25,27,32-33H2,1-6H3. The molecule has 1 saturated heterocycles. The molecule has 0 aromatic heterocycles. The molecule has 57 heavy (non-hydrogen) atoms. The Bertz CT molecular complexity index is 1950. The zero-order valence-corrected chi connectivity index (χ0v) is 35.3. The summed E-state index contributed by atoms with van der Waals surface area (Å²) < 4.78 is 25.7. The van der Waals surface area contributed by atoms with Crippen LogP contribution in [0.5, 0.6) is 5.75 Å². The summed E-state index contributed by atoms with van der Waals surface area (Å²) in [5, 5.41) is 0.633. The largest absolute Gasteiger partial charge is 0.492 e. The van der Waals surface area contributed by atoms with Crippen molar-refractivity contribution in [3.05, 3.63) is 130 Å². The van der Waals surface area contributed by atoms with Crippen molar-refractivity contribution in [1.29, 1.82) is 0 Å². The Morgan fingerprint density at radius 2 is 1.51 bits per heavy atom. The van der Waals surface area contributed by atoms with Crippen molar-refractivity contribution in [2.45, 2.75) is 90.6 Å². The monoisotopic (exact) mass is 795 g/mol. The number of nitrogens with zero attached hydrogens (tertiary/aromatic N) is 3. The number of anilines is 1. The second kappa shape index (κ2) is 18.6. The third-order valence-corrected chi connectivity index (χ3v) is 11.5. The molecular weight excluding hydrogens is 737 g/mol. The Labute approximate surface area is 344 Å². The lowest BCUT2D eigenvalue weighted by Crippen LogP contribution is -2.45. The maximum atomic E-state index is 15.0. The fourth-order valence-electron chi connectivity index (χ4n) is 7.86. The average molecular weight is 796 g/mol. The van der Waals surface area contributed by atoms with Gasteiger partial charge in [0, 0.05) is 66.7 Å². The summed E-state index contributed by atoms with van der Waals surface area (Å²) in [4.78, 5) is 35.5. The smallest absolute Gasteiger partial charge is 0.258 e. The number of halogens is 2. The third-order valence-electron chi connectivity index (χ3n) is 11.3. The number of benzene rings is 4. The highest BCUT2D eigenvalue weighted by atomic mass is 35.5. The first-order valence-electron chi connectivity index (χ1n) is 20.5. The van der Waals surface area contributed by atoms with Crippen molar-refractivity contribution in [2.75, 3.05) is 50.9 Å². The van der Waals surface area contributed by atoms with Crippen LogP contribution in [0.1, 0.15) is 105 Å². The van der Waals surface area contributed by atoms with E-state index in [9.17, 15) is 14.0 Å². The molecule has 0 radical (unpaired) electrons. The van der Waals surface area contributed by atoms with E-state index in [1.165, 1.54) is 12.1 Å². The summed E-state index contributed by atoms with van der Waals surface area (Å²) in [6.45, 7) is 18.5. The van der Waals surface area contributed by atoms with E-state index in [2.05, 4.69) is 64.6 Å². The minimum Gasteiger partial charge on any atom is -0.492 e. The van der Waals surface area contributed by atoms with Crippen molar-refractivity contribution in [2.24, 2.45) is 5.92 Å². The molecule has 2 atom stereocenters. The Kier molecular flexibility index (Phi) is 13.8. The molecule has 2 aliphatic rings. The molecule has 4 aromatic carbocycles. The minimum atomic E-state index is -0.393. The Balaban J connectivity index is 1.29. The number of carbonyl (C=O) groups is 2. The van der Waals surface area contributed by atoms with Crippen LogP contribution in [0.2, 0.25) is 5.02 Å². The first-order valence-corrected chi connectivity index (χ1v) is 20.8. The van der Waals surface area contributed by atoms with Crippen LogP contribution in [0.4, 0.5) is 10.1 Å². The van der Waals surface area contributed by atoms with Crippen LogP contribution in [0.25, 0.3) is 0 Å². The first-order chi connectivity index (χ1) is 27.1. The van der Waals surface area contributed by atoms with E-state index in [0.29, 0.717) is 41.6 Å². The molecule has 7 nitrogen and oxygen atoms in total. The number of carbonyl (C=O) groups excluding carboxylic acids is 2. The molecule has 0 N–H and O–H groups in total. The average Bonchev–Trinajstić information content (AvgIpc) is 3.18. The molecule has 1 saturated carbocycles. The van der Waals surface area contributed by atoms with Crippen LogP contribution in [-0.4, -0.2) is 73.7 Å². The molecule has 4 aromatic rings. The number of ether oxygens (including phenoxy) is 2. The van der Waals surface area contributed by atoms with E-state index in [1.54, 1.807) is 17.0 Å². The molecule has 9 heteroatoms. The molecule has 2 amide bonds. The minimum absolute atomic E-state index is 0.00148. The maximum Gasteiger partial charge on any atom is 0.258 e. The molecule has 1 aliphatic heterocycles. The van der Waals surface area contributed by atoms with Crippen molar-refractivity contribution in [1.82, 2.24) is 9.80 Å². The Morgan fingerprint density at radius 1 is 0.825 bits per heavy atom. The molecule has 304 valence electrons. The molecule has 1 aliphatic carbocycles. The van der Waals surface area contributed by atoms with Gasteiger partial charge in [0.1, 0.15) is 18.2 Å². The molecule has 0 spiro atoms. The Hall–Kier alpha value is -4.24. The lowest BCUT2D eigenvalue weighted by Gasteiger charge is -2.39. The molecule has 6 rings (SSSR count). The summed E-state index contributed by atoms with van der Waals surface area (Å²) in [5.41, 5.74) is 4.76. The topological polar surface area (TPSA) is 62.3 Å². The number of hydrogen-bond donors (Lipinski definition) is 0. The molecule has 0 bridgehead atoms. The molecule has 2 unspecified atom stereocenters. The summed E-state index contributed by atoms with van der Waals surface area (Å²) >= 11 is 6.48. The van der Waals surface area contributed by atoms with E-state index in [1.807, 2.05) is 53.4 Å². The molecule has 2 fully saturated rings. The summed E-state index contributed by atoms with van der Waals surface area (Å²) in [7, 11) is 0. The lowest BCUT2D eigenvalue weighted by molar-refractivity contribution is 0.0322. The van der Waals surface area contributed by atoms with Crippen molar-refractivity contribution >= 4 is 29.1 Å². The SMILES string of the molecule is CC(C)(C)c1cc(C(=O)N(Cc2cccc(Cl)c2)C2CCCC(CN(C(=O)c3ccc(F)cc3)c3cccc(OCCN4CCOCC4)c3)C2)cc(C(C)(C)C)c1. The summed E-state index contributed by atoms with van der Waals surface area (Å²) in [6.07, 6.45) is 3.39. The maximum absolute atomic E-state index is 15.0. The van der Waals surface area contributed by atoms with Crippen molar-refractivity contribution in [3.63, 3.8) is 0 Å². The van der Waals surface area contributed by atoms with Gasteiger partial charge in [-0.05, 0) is 113 Å². The first kappa shape index (κ1) is 42.4. The van der Waals surface area contributed by atoms with Crippen molar-refractivity contribution < 1.29 is 23.5 Å². The molecule has 1 heterocycles. The van der Waals surface area contributed by atoms with Crippen LogP contribution in [0.15, 0.2) is 91.0 Å². The van der Waals surface area contributed by atoms with Crippen LogP contribution >= 0.6 is 11.6 Å². The lowest BCUT2D eigenvalue weighted by atomic mass is 9.79. The van der Waals surface area contributed by atoms with Crippen LogP contribution in [-0.2, 0) is 22.1 Å². The number of morpholine rings is 1. The summed E-state index contributed by atoms with van der Waals surface area (Å²) in [5.74, 6) is 0.182. The number of hydrogen-bond acceptors (Lipinski definition) is 5. The van der Waals surface area contributed by atoms with Crippen LogP contribution < -0.4 is 9.64 Å². The van der Waals surface area contributed by atoms with E-state index in [4.69, 9.17) is 21.1 Å². The Morgan fingerprint density at radius 3 is 2.18 bits per heavy atom. The van der Waals surface area contributed by atoms with Crippen LogP contribution in [0.3, 0.4) is 0 Å². The predicted molar refractivity (Wildman–Crippen MR) is 228 cm³/mol. The van der Waals surface area contributed by atoms with E-state index in [0.717, 1.165) is 80.9 Å². The highest BCUT2D eigenvalue weighted by Crippen LogP contribution is 2.35. The quantitative estimate of drug-likeness (QED) is 0.143. The van der Waals surface area contributed by atoms with Gasteiger partial charge in [0.2, 0.25) is 0 Å². The highest BCUT2D eigenvalue weighted by Gasteiger charge is 2.34. The van der Waals surface area contributed by atoms with Gasteiger partial charge in [0.15, 0.2) is 0 Å². The normalized spacial score (nSPS) is 17.9. The zero-order valence-electron chi connectivity index (χ0n) is 34.5. The number of rotatable bonds is 12. The van der Waals surface area contributed by atoms with Gasteiger partial charge in [-0.2, -0.15) is 0 Å². The van der Waals surface area contributed by atoms with Crippen molar-refractivity contribution in [3.8, 4) is 5.75 Å². The van der Waals surface area contributed by atoms with E-state index < -0.39 is 5.82 Å². The third kappa shape index (κ3) is 11.5. The van der Waals surface area contributed by atoms with Crippen LogP contribution in [0, 0.1) is 11.7 Å². The van der Waals surface area contributed by atoms with Gasteiger partial charge < -0.3 is 19.3 Å². The zero-order chi connectivity index (χ0) is 40.7. The van der Waals surface area contributed by atoms with Gasteiger partial charge in [-0.15, -0.1) is 0 Å². The van der Waals surface area contributed by atoms with E-state index in [-0.39, 0.29) is 34.6 Å². The van der Waals surface area contributed by atoms with Gasteiger partial charge in [-0.3, -0.25) is 14.5 Å². The van der Waals surface area contributed by atoms with E-state index >= 15 is 0 Å². The van der Waals surface area contributed by atoms with Gasteiger partial charge in [-0.1, -0.05) is 83.8 Å². The van der Waals surface area contributed by atoms with Gasteiger partial charge in [0.05, 0.1) is 13.2 Å². The molecular formula is C48H59ClFN3O4. The van der Waals surface area contributed by atoms with Gasteiger partial charge >= 0.3 is 0 Å².